The molecule has 0 aliphatic carbocycles. The van der Waals surface area contributed by atoms with Crippen molar-refractivity contribution < 1.29 is 28.7 Å². The summed E-state index contributed by atoms with van der Waals surface area (Å²) in [6.07, 6.45) is 0.137. The minimum Gasteiger partial charge on any atom is -0.508 e. The molecule has 5 rings (SSSR count). The second-order valence-electron chi connectivity index (χ2n) is 9.36. The summed E-state index contributed by atoms with van der Waals surface area (Å²) >= 11 is 7.30. The maximum Gasteiger partial charge on any atom is 0.367 e. The zero-order valence-corrected chi connectivity index (χ0v) is 23.5. The van der Waals surface area contributed by atoms with E-state index in [1.807, 2.05) is 42.5 Å². The Morgan fingerprint density at radius 3 is 2.24 bits per heavy atom. The standard InChI is InChI=1S/C32H25ClFNO5S/c1-39-31(37)28(16-20-4-13-27(36)14-5-20)35(19-21-2-11-26(34)12-3-21)40-32(38)30-18-24-17-23(8-15-29(24)41-30)22-6-9-25(33)10-7-22/h2-15,17-18,28,36H,16,19H2,1H3/t28-/m0/s1. The lowest BCUT2D eigenvalue weighted by Gasteiger charge is -2.28. The molecule has 9 heteroatoms. The molecule has 41 heavy (non-hydrogen) atoms. The summed E-state index contributed by atoms with van der Waals surface area (Å²) in [6, 6.07) is 26.2. The Bertz CT molecular complexity index is 1670. The van der Waals surface area contributed by atoms with E-state index in [9.17, 15) is 19.1 Å². The topological polar surface area (TPSA) is 76.1 Å². The highest BCUT2D eigenvalue weighted by molar-refractivity contribution is 7.20. The maximum absolute atomic E-state index is 13.6. The number of fused-ring (bicyclic) bond motifs is 1. The third kappa shape index (κ3) is 6.92. The number of phenols is 1. The van der Waals surface area contributed by atoms with Gasteiger partial charge >= 0.3 is 11.9 Å². The Morgan fingerprint density at radius 1 is 0.902 bits per heavy atom. The van der Waals surface area contributed by atoms with Crippen LogP contribution in [-0.2, 0) is 27.3 Å². The number of halogens is 2. The van der Waals surface area contributed by atoms with Gasteiger partial charge in [0.2, 0.25) is 0 Å². The van der Waals surface area contributed by atoms with E-state index in [-0.39, 0.29) is 18.7 Å². The molecule has 0 fully saturated rings. The van der Waals surface area contributed by atoms with Crippen LogP contribution in [0.1, 0.15) is 20.8 Å². The molecule has 0 aliphatic rings. The first kappa shape index (κ1) is 28.3. The van der Waals surface area contributed by atoms with Crippen LogP contribution in [0.4, 0.5) is 4.39 Å². The molecule has 1 atom stereocenters. The number of nitrogens with zero attached hydrogens (tertiary/aromatic N) is 1. The summed E-state index contributed by atoms with van der Waals surface area (Å²) in [7, 11) is 1.26. The summed E-state index contributed by atoms with van der Waals surface area (Å²) in [4.78, 5) is 32.6. The smallest absolute Gasteiger partial charge is 0.367 e. The molecule has 0 saturated carbocycles. The number of hydroxylamine groups is 2. The number of phenolic OH excluding ortho intramolecular Hbond substituents is 1. The quantitative estimate of drug-likeness (QED) is 0.142. The average molecular weight is 590 g/mol. The second-order valence-corrected chi connectivity index (χ2v) is 10.9. The second kappa shape index (κ2) is 12.5. The number of methoxy groups -OCH3 is 1. The minimum atomic E-state index is -1.01. The molecule has 1 N–H and O–H groups in total. The van der Waals surface area contributed by atoms with E-state index in [1.54, 1.807) is 30.3 Å². The number of carbonyl (C=O) groups excluding carboxylic acids is 2. The van der Waals surface area contributed by atoms with E-state index in [0.717, 1.165) is 26.8 Å². The van der Waals surface area contributed by atoms with Crippen LogP contribution in [0.2, 0.25) is 5.02 Å². The third-order valence-electron chi connectivity index (χ3n) is 6.53. The van der Waals surface area contributed by atoms with Crippen molar-refractivity contribution in [3.8, 4) is 16.9 Å². The molecule has 0 spiro atoms. The van der Waals surface area contributed by atoms with E-state index < -0.39 is 23.8 Å². The van der Waals surface area contributed by atoms with Crippen molar-refractivity contribution >= 4 is 45.0 Å². The normalized spacial score (nSPS) is 11.9. The highest BCUT2D eigenvalue weighted by Gasteiger charge is 2.31. The molecule has 0 amide bonds. The van der Waals surface area contributed by atoms with Crippen molar-refractivity contribution in [3.63, 3.8) is 0 Å². The van der Waals surface area contributed by atoms with Gasteiger partial charge in [-0.15, -0.1) is 16.4 Å². The molecule has 0 bridgehead atoms. The summed E-state index contributed by atoms with van der Waals surface area (Å²) in [5.41, 5.74) is 3.31. The Balaban J connectivity index is 1.44. The van der Waals surface area contributed by atoms with Crippen molar-refractivity contribution in [3.05, 3.63) is 124 Å². The van der Waals surface area contributed by atoms with Crippen molar-refractivity contribution in [1.82, 2.24) is 5.06 Å². The van der Waals surface area contributed by atoms with Gasteiger partial charge in [-0.2, -0.15) is 0 Å². The molecule has 4 aromatic carbocycles. The van der Waals surface area contributed by atoms with Crippen LogP contribution < -0.4 is 0 Å². The molecule has 0 radical (unpaired) electrons. The lowest BCUT2D eigenvalue weighted by atomic mass is 10.0. The Hall–Kier alpha value is -4.24. The number of benzene rings is 4. The highest BCUT2D eigenvalue weighted by atomic mass is 35.5. The van der Waals surface area contributed by atoms with E-state index in [4.69, 9.17) is 21.2 Å². The molecule has 0 aliphatic heterocycles. The van der Waals surface area contributed by atoms with Crippen LogP contribution in [0.3, 0.4) is 0 Å². The minimum absolute atomic E-state index is 0.00940. The van der Waals surface area contributed by atoms with Crippen LogP contribution in [0.15, 0.2) is 97.1 Å². The fourth-order valence-electron chi connectivity index (χ4n) is 4.39. The number of ether oxygens (including phenoxy) is 1. The van der Waals surface area contributed by atoms with Gasteiger partial charge in [-0.1, -0.05) is 54.1 Å². The van der Waals surface area contributed by atoms with Crippen LogP contribution in [0.5, 0.6) is 5.75 Å². The van der Waals surface area contributed by atoms with E-state index in [0.29, 0.717) is 15.5 Å². The summed E-state index contributed by atoms with van der Waals surface area (Å²) in [5.74, 6) is -1.58. The predicted molar refractivity (Wildman–Crippen MR) is 157 cm³/mol. The first-order valence-electron chi connectivity index (χ1n) is 12.7. The maximum atomic E-state index is 13.6. The molecular weight excluding hydrogens is 565 g/mol. The van der Waals surface area contributed by atoms with Gasteiger partial charge in [0.1, 0.15) is 22.5 Å². The SMILES string of the molecule is COC(=O)[C@H](Cc1ccc(O)cc1)N(Cc1ccc(F)cc1)OC(=O)c1cc2cc(-c3ccc(Cl)cc3)ccc2s1. The molecule has 1 heterocycles. The van der Waals surface area contributed by atoms with Crippen molar-refractivity contribution in [2.75, 3.05) is 7.11 Å². The summed E-state index contributed by atoms with van der Waals surface area (Å²) < 4.78 is 19.5. The fraction of sp³-hybridized carbons (Fsp3) is 0.125. The van der Waals surface area contributed by atoms with Gasteiger partial charge in [-0.05, 0) is 82.2 Å². The average Bonchev–Trinajstić information content (AvgIpc) is 3.41. The molecule has 0 unspecified atom stereocenters. The Kier molecular flexibility index (Phi) is 8.64. The third-order valence-corrected chi connectivity index (χ3v) is 7.88. The van der Waals surface area contributed by atoms with E-state index in [2.05, 4.69) is 0 Å². The lowest BCUT2D eigenvalue weighted by Crippen LogP contribution is -2.44. The first-order chi connectivity index (χ1) is 19.8. The van der Waals surface area contributed by atoms with Crippen molar-refractivity contribution in [2.45, 2.75) is 19.0 Å². The molecule has 208 valence electrons. The molecule has 0 saturated heterocycles. The molecule has 6 nitrogen and oxygen atoms in total. The van der Waals surface area contributed by atoms with Crippen LogP contribution in [0.25, 0.3) is 21.2 Å². The molecule has 1 aromatic heterocycles. The number of rotatable bonds is 9. The number of thiophene rings is 1. The van der Waals surface area contributed by atoms with Crippen LogP contribution >= 0.6 is 22.9 Å². The number of hydrogen-bond acceptors (Lipinski definition) is 7. The van der Waals surface area contributed by atoms with Crippen molar-refractivity contribution in [2.24, 2.45) is 0 Å². The molecular formula is C32H25ClFNO5S. The Labute approximate surface area is 245 Å². The predicted octanol–water partition coefficient (Wildman–Crippen LogP) is 7.42. The van der Waals surface area contributed by atoms with E-state index in [1.165, 1.54) is 47.8 Å². The number of esters is 1. The zero-order chi connectivity index (χ0) is 28.9. The number of aromatic hydroxyl groups is 1. The number of hydrogen-bond donors (Lipinski definition) is 1. The lowest BCUT2D eigenvalue weighted by molar-refractivity contribution is -0.177. The van der Waals surface area contributed by atoms with E-state index >= 15 is 0 Å². The fourth-order valence-corrected chi connectivity index (χ4v) is 5.43. The Morgan fingerprint density at radius 2 is 1.56 bits per heavy atom. The van der Waals surface area contributed by atoms with Crippen molar-refractivity contribution in [1.29, 1.82) is 0 Å². The molecule has 5 aromatic rings. The highest BCUT2D eigenvalue weighted by Crippen LogP contribution is 2.32. The first-order valence-corrected chi connectivity index (χ1v) is 13.9. The number of carbonyl (C=O) groups is 2. The van der Waals surface area contributed by atoms with Gasteiger partial charge < -0.3 is 14.7 Å². The van der Waals surface area contributed by atoms with Gasteiger partial charge in [0.25, 0.3) is 0 Å². The monoisotopic (exact) mass is 589 g/mol. The van der Waals surface area contributed by atoms with Gasteiger partial charge in [-0.3, -0.25) is 4.79 Å². The summed E-state index contributed by atoms with van der Waals surface area (Å²) in [6.45, 7) is 0.00940. The van der Waals surface area contributed by atoms with Gasteiger partial charge in [0.15, 0.2) is 0 Å². The summed E-state index contributed by atoms with van der Waals surface area (Å²) in [5, 5.41) is 12.4. The van der Waals surface area contributed by atoms with Gasteiger partial charge in [0, 0.05) is 16.1 Å². The zero-order valence-electron chi connectivity index (χ0n) is 21.9. The van der Waals surface area contributed by atoms with Gasteiger partial charge in [-0.25, -0.2) is 9.18 Å². The van der Waals surface area contributed by atoms with Gasteiger partial charge in [0.05, 0.1) is 13.7 Å². The van der Waals surface area contributed by atoms with Crippen LogP contribution in [0, 0.1) is 5.82 Å². The van der Waals surface area contributed by atoms with Crippen LogP contribution in [-0.4, -0.2) is 35.3 Å². The largest absolute Gasteiger partial charge is 0.508 e.